The molecule has 0 aliphatic heterocycles. The van der Waals surface area contributed by atoms with Crippen molar-refractivity contribution < 1.29 is 49.0 Å². The smallest absolute Gasteiger partial charge is 0.350 e. The molecule has 0 bridgehead atoms. The van der Waals surface area contributed by atoms with Crippen LogP contribution in [0.4, 0.5) is 39.5 Å². The third-order valence-corrected chi connectivity index (χ3v) is 2.10. The molecule has 0 aliphatic rings. The molecule has 1 N–H and O–H groups in total. The predicted octanol–water partition coefficient (Wildman–Crippen LogP) is 2.73. The van der Waals surface area contributed by atoms with Crippen molar-refractivity contribution in [2.45, 2.75) is 24.1 Å². The first-order valence-corrected chi connectivity index (χ1v) is 4.95. The maximum atomic E-state index is 12.4. The molecule has 0 fully saturated rings. The van der Waals surface area contributed by atoms with Crippen LogP contribution in [0.1, 0.15) is 0 Å². The van der Waals surface area contributed by atoms with Gasteiger partial charge in [-0.15, -0.1) is 0 Å². The largest absolute Gasteiger partial charge is 0.435 e. The van der Waals surface area contributed by atoms with E-state index in [-0.39, 0.29) is 0 Å². The van der Waals surface area contributed by atoms with Crippen molar-refractivity contribution in [3.8, 4) is 0 Å². The summed E-state index contributed by atoms with van der Waals surface area (Å²) in [6, 6.07) is 0. The minimum atomic E-state index is -6.79. The number of halogens is 9. The Balaban J connectivity index is 5.34. The van der Waals surface area contributed by atoms with Gasteiger partial charge in [0.15, 0.2) is 0 Å². The number of hydrogen-bond acceptors (Lipinski definition) is 2. The van der Waals surface area contributed by atoms with Crippen LogP contribution in [0.5, 0.6) is 0 Å². The van der Waals surface area contributed by atoms with Crippen molar-refractivity contribution in [2.24, 2.45) is 0 Å². The molecule has 0 unspecified atom stereocenters. The molecule has 0 aliphatic carbocycles. The van der Waals surface area contributed by atoms with Crippen molar-refractivity contribution in [1.82, 2.24) is 5.32 Å². The minimum absolute atomic E-state index is 0.616. The zero-order valence-electron chi connectivity index (χ0n) is 9.92. The van der Waals surface area contributed by atoms with Crippen LogP contribution >= 0.6 is 0 Å². The minimum Gasteiger partial charge on any atom is -0.350 e. The Morgan fingerprint density at radius 1 is 0.952 bits per heavy atom. The van der Waals surface area contributed by atoms with Crippen LogP contribution in [0, 0.1) is 0 Å². The lowest BCUT2D eigenvalue weighted by Gasteiger charge is -2.37. The van der Waals surface area contributed by atoms with Crippen molar-refractivity contribution in [3.63, 3.8) is 0 Å². The van der Waals surface area contributed by atoms with Crippen molar-refractivity contribution >= 4 is 5.91 Å². The van der Waals surface area contributed by atoms with Gasteiger partial charge in [-0.05, 0) is 6.08 Å². The van der Waals surface area contributed by atoms with Gasteiger partial charge in [-0.1, -0.05) is 6.58 Å². The van der Waals surface area contributed by atoms with Gasteiger partial charge >= 0.3 is 24.1 Å². The Bertz CT molecular complexity index is 346. The molecule has 0 rings (SSSR count). The third kappa shape index (κ3) is 4.02. The van der Waals surface area contributed by atoms with Crippen LogP contribution in [0.25, 0.3) is 0 Å². The summed E-state index contributed by atoms with van der Waals surface area (Å²) in [6.45, 7) is 0.239. The van der Waals surface area contributed by atoms with Gasteiger partial charge < -0.3 is 10.1 Å². The lowest BCUT2D eigenvalue weighted by molar-refractivity contribution is -0.456. The molecule has 0 aromatic heterocycles. The highest BCUT2D eigenvalue weighted by Crippen LogP contribution is 2.54. The van der Waals surface area contributed by atoms with E-state index >= 15 is 0 Å². The molecule has 1 amide bonds. The fourth-order valence-electron chi connectivity index (χ4n) is 1.18. The van der Waals surface area contributed by atoms with Gasteiger partial charge in [0.05, 0.1) is 6.61 Å². The van der Waals surface area contributed by atoms with Crippen molar-refractivity contribution in [3.05, 3.63) is 12.7 Å². The molecule has 0 saturated heterocycles. The van der Waals surface area contributed by atoms with Gasteiger partial charge in [-0.2, -0.15) is 39.5 Å². The fraction of sp³-hybridized carbons (Fsp3) is 0.667. The molecule has 0 atom stereocenters. The molecule has 0 saturated carbocycles. The van der Waals surface area contributed by atoms with Crippen LogP contribution in [-0.2, 0) is 9.53 Å². The third-order valence-electron chi connectivity index (χ3n) is 2.10. The SMILES string of the molecule is C=CC(=O)NCCOC(C(F)(F)F)(C(F)(F)F)C(F)(F)F. The standard InChI is InChI=1S/C9H8F9NO2/c1-2-5(20)19-3-4-21-6(7(10,11)12,8(13,14)15)9(16,17)18/h2H,1,3-4H2,(H,19,20). The van der Waals surface area contributed by atoms with Crippen LogP contribution in [0.15, 0.2) is 12.7 Å². The first-order valence-electron chi connectivity index (χ1n) is 4.95. The summed E-state index contributed by atoms with van der Waals surface area (Å²) >= 11 is 0. The van der Waals surface area contributed by atoms with Gasteiger partial charge in [-0.25, -0.2) is 0 Å². The van der Waals surface area contributed by atoms with E-state index in [0.29, 0.717) is 6.08 Å². The Morgan fingerprint density at radius 2 is 1.33 bits per heavy atom. The van der Waals surface area contributed by atoms with Crippen LogP contribution < -0.4 is 5.32 Å². The maximum Gasteiger partial charge on any atom is 0.435 e. The van der Waals surface area contributed by atoms with Crippen LogP contribution in [0.3, 0.4) is 0 Å². The first-order chi connectivity index (χ1) is 9.20. The average molecular weight is 333 g/mol. The Labute approximate surface area is 111 Å². The Hall–Kier alpha value is -1.46. The second-order valence-electron chi connectivity index (χ2n) is 3.52. The quantitative estimate of drug-likeness (QED) is 0.477. The highest BCUT2D eigenvalue weighted by Gasteiger charge is 2.85. The summed E-state index contributed by atoms with van der Waals surface area (Å²) in [4.78, 5) is 10.6. The maximum absolute atomic E-state index is 12.4. The molecule has 124 valence electrons. The average Bonchev–Trinajstić information content (AvgIpc) is 2.22. The second kappa shape index (κ2) is 6.12. The number of amides is 1. The van der Waals surface area contributed by atoms with E-state index in [2.05, 4.69) is 11.3 Å². The summed E-state index contributed by atoms with van der Waals surface area (Å²) in [6.07, 6.45) is -19.7. The van der Waals surface area contributed by atoms with Gasteiger partial charge in [0.1, 0.15) is 0 Å². The molecule has 0 spiro atoms. The van der Waals surface area contributed by atoms with Crippen LogP contribution in [0.2, 0.25) is 0 Å². The monoisotopic (exact) mass is 333 g/mol. The molecule has 3 nitrogen and oxygen atoms in total. The first kappa shape index (κ1) is 19.5. The summed E-state index contributed by atoms with van der Waals surface area (Å²) in [5.41, 5.74) is -6.33. The Kier molecular flexibility index (Phi) is 5.69. The van der Waals surface area contributed by atoms with E-state index in [4.69, 9.17) is 0 Å². The molecule has 0 radical (unpaired) electrons. The fourth-order valence-corrected chi connectivity index (χ4v) is 1.18. The molecular formula is C9H8F9NO2. The van der Waals surface area contributed by atoms with Gasteiger partial charge in [-0.3, -0.25) is 4.79 Å². The number of ether oxygens (including phenoxy) is 1. The highest BCUT2D eigenvalue weighted by atomic mass is 19.4. The summed E-state index contributed by atoms with van der Waals surface area (Å²) < 4.78 is 114. The normalized spacial score (nSPS) is 14.0. The van der Waals surface area contributed by atoms with Gasteiger partial charge in [0.2, 0.25) is 5.91 Å². The zero-order chi connectivity index (χ0) is 17.1. The Morgan fingerprint density at radius 3 is 1.62 bits per heavy atom. The van der Waals surface area contributed by atoms with Crippen molar-refractivity contribution in [2.75, 3.05) is 13.2 Å². The predicted molar refractivity (Wildman–Crippen MR) is 50.1 cm³/mol. The lowest BCUT2D eigenvalue weighted by atomic mass is 10.0. The van der Waals surface area contributed by atoms with Gasteiger partial charge in [0, 0.05) is 6.54 Å². The summed E-state index contributed by atoms with van der Waals surface area (Å²) in [7, 11) is 0. The molecular weight excluding hydrogens is 325 g/mol. The molecule has 0 aromatic carbocycles. The number of nitrogens with one attached hydrogen (secondary N) is 1. The number of alkyl halides is 9. The number of rotatable bonds is 5. The number of hydrogen-bond donors (Lipinski definition) is 1. The lowest BCUT2D eigenvalue weighted by Crippen LogP contribution is -2.68. The van der Waals surface area contributed by atoms with Crippen molar-refractivity contribution in [1.29, 1.82) is 0 Å². The van der Waals surface area contributed by atoms with E-state index in [0.717, 1.165) is 0 Å². The topological polar surface area (TPSA) is 38.3 Å². The summed E-state index contributed by atoms with van der Waals surface area (Å²) in [5.74, 6) is -1.00. The highest BCUT2D eigenvalue weighted by molar-refractivity contribution is 5.86. The second-order valence-corrected chi connectivity index (χ2v) is 3.52. The number of carbonyl (C=O) groups excluding carboxylic acids is 1. The van der Waals surface area contributed by atoms with E-state index in [1.54, 1.807) is 5.32 Å². The zero-order valence-corrected chi connectivity index (χ0v) is 9.92. The van der Waals surface area contributed by atoms with Gasteiger partial charge in [0.25, 0.3) is 0 Å². The molecule has 0 heterocycles. The molecule has 12 heteroatoms. The van der Waals surface area contributed by atoms with E-state index in [1.807, 2.05) is 0 Å². The van der Waals surface area contributed by atoms with E-state index < -0.39 is 43.2 Å². The summed E-state index contributed by atoms with van der Waals surface area (Å²) in [5, 5.41) is 1.68. The molecule has 0 aromatic rings. The number of carbonyl (C=O) groups is 1. The van der Waals surface area contributed by atoms with E-state index in [9.17, 15) is 44.3 Å². The van der Waals surface area contributed by atoms with Crippen LogP contribution in [-0.4, -0.2) is 43.2 Å². The van der Waals surface area contributed by atoms with E-state index in [1.165, 1.54) is 0 Å². The molecule has 21 heavy (non-hydrogen) atoms.